The fourth-order valence-corrected chi connectivity index (χ4v) is 3.87. The number of benzene rings is 2. The van der Waals surface area contributed by atoms with Crippen molar-refractivity contribution in [2.45, 2.75) is 0 Å². The second kappa shape index (κ2) is 10.2. The first-order valence-corrected chi connectivity index (χ1v) is 9.34. The quantitative estimate of drug-likeness (QED) is 0.298. The molecule has 10 heteroatoms. The summed E-state index contributed by atoms with van der Waals surface area (Å²) >= 11 is 8.05. The van der Waals surface area contributed by atoms with E-state index in [1.807, 2.05) is 22.6 Å². The molecule has 0 saturated heterocycles. The van der Waals surface area contributed by atoms with Crippen LogP contribution >= 0.6 is 54.5 Å². The summed E-state index contributed by atoms with van der Waals surface area (Å²) in [6, 6.07) is 5.47. The van der Waals surface area contributed by atoms with Gasteiger partial charge in [-0.15, -0.1) is 0 Å². The Bertz CT molecular complexity index is 733. The Hall–Kier alpha value is -1.27. The summed E-state index contributed by atoms with van der Waals surface area (Å²) in [4.78, 5) is 22.1. The molecule has 0 spiro atoms. The number of esters is 2. The number of nitrogen functional groups attached to an aromatic ring is 1. The molecule has 5 nitrogen and oxygen atoms in total. The van der Waals surface area contributed by atoms with Gasteiger partial charge in [-0.3, -0.25) is 0 Å². The highest BCUT2D eigenvalue weighted by atomic mass is 127. The van der Waals surface area contributed by atoms with Crippen LogP contribution in [0.2, 0.25) is 0 Å². The summed E-state index contributed by atoms with van der Waals surface area (Å²) in [6.45, 7) is 0. The van der Waals surface area contributed by atoms with E-state index in [2.05, 4.69) is 41.3 Å². The minimum atomic E-state index is -0.775. The van der Waals surface area contributed by atoms with Gasteiger partial charge in [0.15, 0.2) is 0 Å². The molecule has 0 aromatic heterocycles. The lowest BCUT2D eigenvalue weighted by atomic mass is 10.2. The van der Waals surface area contributed by atoms with Crippen LogP contribution in [0.4, 0.5) is 14.5 Å². The van der Waals surface area contributed by atoms with Crippen LogP contribution in [0, 0.1) is 15.2 Å². The van der Waals surface area contributed by atoms with Crippen molar-refractivity contribution in [3.05, 3.63) is 59.5 Å². The molecule has 2 aromatic rings. The molecule has 0 saturated carbocycles. The number of methoxy groups -OCH3 is 2. The summed E-state index contributed by atoms with van der Waals surface area (Å²) in [6.07, 6.45) is 0. The van der Waals surface area contributed by atoms with Crippen molar-refractivity contribution in [3.63, 3.8) is 0 Å². The number of hydrogen-bond donors (Lipinski definition) is 1. The number of nitrogens with two attached hydrogens (primary N) is 1. The lowest BCUT2D eigenvalue weighted by Crippen LogP contribution is -2.08. The Morgan fingerprint density at radius 2 is 1.35 bits per heavy atom. The van der Waals surface area contributed by atoms with Crippen molar-refractivity contribution in [1.82, 2.24) is 0 Å². The number of hydrogen-bond acceptors (Lipinski definition) is 5. The molecule has 2 N–H and O–H groups in total. The van der Waals surface area contributed by atoms with Crippen molar-refractivity contribution < 1.29 is 27.8 Å². The molecule has 0 unspecified atom stereocenters. The molecular formula is C16H12Br2F2INO4. The third kappa shape index (κ3) is 5.88. The first-order valence-electron chi connectivity index (χ1n) is 6.68. The van der Waals surface area contributed by atoms with Crippen LogP contribution in [-0.2, 0) is 9.47 Å². The zero-order chi connectivity index (χ0) is 20.0. The molecule has 2 aromatic carbocycles. The molecule has 26 heavy (non-hydrogen) atoms. The lowest BCUT2D eigenvalue weighted by Gasteiger charge is -2.04. The van der Waals surface area contributed by atoms with Crippen molar-refractivity contribution in [2.24, 2.45) is 0 Å². The zero-order valence-corrected chi connectivity index (χ0v) is 18.7. The maximum Gasteiger partial charge on any atom is 0.342 e. The smallest absolute Gasteiger partial charge is 0.342 e. The summed E-state index contributed by atoms with van der Waals surface area (Å²) in [5, 5.41) is 0. The van der Waals surface area contributed by atoms with Crippen LogP contribution in [0.1, 0.15) is 20.7 Å². The summed E-state index contributed by atoms with van der Waals surface area (Å²) in [7, 11) is 2.39. The number of carbonyl (C=O) groups excluding carboxylic acids is 2. The molecule has 0 atom stereocenters. The second-order valence-electron chi connectivity index (χ2n) is 4.58. The summed E-state index contributed by atoms with van der Waals surface area (Å²) in [5.41, 5.74) is 5.23. The average Bonchev–Trinajstić information content (AvgIpc) is 2.53. The molecule has 0 aliphatic heterocycles. The fourth-order valence-electron chi connectivity index (χ4n) is 1.75. The van der Waals surface area contributed by atoms with Crippen LogP contribution in [0.5, 0.6) is 0 Å². The monoisotopic (exact) mass is 605 g/mol. The fraction of sp³-hybridized carbons (Fsp3) is 0.125. The van der Waals surface area contributed by atoms with E-state index < -0.39 is 23.6 Å². The van der Waals surface area contributed by atoms with E-state index in [0.717, 1.165) is 6.07 Å². The van der Waals surface area contributed by atoms with Gasteiger partial charge in [-0.2, -0.15) is 0 Å². The lowest BCUT2D eigenvalue weighted by molar-refractivity contribution is 0.0586. The molecule has 0 aliphatic carbocycles. The van der Waals surface area contributed by atoms with Gasteiger partial charge < -0.3 is 15.2 Å². The maximum atomic E-state index is 13.2. The molecule has 0 aliphatic rings. The molecule has 0 bridgehead atoms. The molecule has 0 radical (unpaired) electrons. The summed E-state index contributed by atoms with van der Waals surface area (Å²) < 4.78 is 36.8. The normalized spacial score (nSPS) is 9.81. The van der Waals surface area contributed by atoms with Crippen LogP contribution in [-0.4, -0.2) is 26.2 Å². The Morgan fingerprint density at radius 3 is 1.77 bits per heavy atom. The standard InChI is InChI=1S/C8H5BrFIO2.C8H7BrFNO2/c2*1-13-8(12)7-5(10)2-4(9)3-6(7)11/h2-3H,1H3;2-3H,11H2,1H3. The third-order valence-corrected chi connectivity index (χ3v) is 4.64. The maximum absolute atomic E-state index is 13.2. The molecule has 2 rings (SSSR count). The minimum absolute atomic E-state index is 0.0219. The van der Waals surface area contributed by atoms with Crippen molar-refractivity contribution in [1.29, 1.82) is 0 Å². The number of anilines is 1. The minimum Gasteiger partial charge on any atom is -0.465 e. The Labute approximate surface area is 178 Å². The van der Waals surface area contributed by atoms with Crippen LogP contribution < -0.4 is 5.73 Å². The first-order chi connectivity index (χ1) is 12.1. The zero-order valence-electron chi connectivity index (χ0n) is 13.4. The van der Waals surface area contributed by atoms with Crippen LogP contribution in [0.15, 0.2) is 33.2 Å². The number of halogens is 5. The van der Waals surface area contributed by atoms with E-state index in [-0.39, 0.29) is 16.8 Å². The Balaban J connectivity index is 0.000000260. The van der Waals surface area contributed by atoms with Crippen LogP contribution in [0.25, 0.3) is 0 Å². The van der Waals surface area contributed by atoms with Gasteiger partial charge in [0, 0.05) is 12.5 Å². The van der Waals surface area contributed by atoms with Gasteiger partial charge in [-0.25, -0.2) is 18.4 Å². The topological polar surface area (TPSA) is 78.6 Å². The van der Waals surface area contributed by atoms with Crippen molar-refractivity contribution in [3.8, 4) is 0 Å². The molecule has 0 amide bonds. The first kappa shape index (κ1) is 22.8. The Kier molecular flexibility index (Phi) is 8.90. The number of ether oxygens (including phenoxy) is 2. The van der Waals surface area contributed by atoms with Gasteiger partial charge in [-0.1, -0.05) is 31.9 Å². The summed E-state index contributed by atoms with van der Waals surface area (Å²) in [5.74, 6) is -2.71. The largest absolute Gasteiger partial charge is 0.465 e. The highest BCUT2D eigenvalue weighted by Gasteiger charge is 2.17. The highest BCUT2D eigenvalue weighted by Crippen LogP contribution is 2.23. The van der Waals surface area contributed by atoms with Crippen LogP contribution in [0.3, 0.4) is 0 Å². The second-order valence-corrected chi connectivity index (χ2v) is 7.57. The van der Waals surface area contributed by atoms with Gasteiger partial charge in [0.25, 0.3) is 0 Å². The van der Waals surface area contributed by atoms with E-state index in [0.29, 0.717) is 12.5 Å². The molecule has 0 fully saturated rings. The predicted octanol–water partition coefficient (Wildman–Crippen LogP) is 4.94. The highest BCUT2D eigenvalue weighted by molar-refractivity contribution is 14.1. The van der Waals surface area contributed by atoms with Gasteiger partial charge in [0.05, 0.1) is 19.9 Å². The predicted molar refractivity (Wildman–Crippen MR) is 108 cm³/mol. The van der Waals surface area contributed by atoms with E-state index in [4.69, 9.17) is 5.73 Å². The van der Waals surface area contributed by atoms with Gasteiger partial charge in [-0.05, 0) is 46.9 Å². The van der Waals surface area contributed by atoms with Crippen molar-refractivity contribution in [2.75, 3.05) is 20.0 Å². The number of rotatable bonds is 2. The molecule has 0 heterocycles. The average molecular weight is 607 g/mol. The molecular weight excluding hydrogens is 595 g/mol. The SMILES string of the molecule is COC(=O)c1c(F)cc(Br)cc1I.COC(=O)c1c(N)cc(Br)cc1F. The van der Waals surface area contributed by atoms with Gasteiger partial charge >= 0.3 is 11.9 Å². The van der Waals surface area contributed by atoms with Gasteiger partial charge in [0.1, 0.15) is 22.8 Å². The van der Waals surface area contributed by atoms with E-state index in [9.17, 15) is 18.4 Å². The van der Waals surface area contributed by atoms with E-state index in [1.165, 1.54) is 26.4 Å². The number of carbonyl (C=O) groups is 2. The van der Waals surface area contributed by atoms with Gasteiger partial charge in [0.2, 0.25) is 0 Å². The van der Waals surface area contributed by atoms with E-state index in [1.54, 1.807) is 6.07 Å². The van der Waals surface area contributed by atoms with E-state index >= 15 is 0 Å². The third-order valence-electron chi connectivity index (χ3n) is 2.87. The Morgan fingerprint density at radius 1 is 0.923 bits per heavy atom. The van der Waals surface area contributed by atoms with Crippen molar-refractivity contribution >= 4 is 72.1 Å². The molecule has 140 valence electrons.